The largest absolute Gasteiger partial charge is 0.377 e. The molecular weight excluding hydrogens is 393 g/mol. The molecule has 4 fully saturated rings. The molecule has 1 heterocycles. The fourth-order valence-electron chi connectivity index (χ4n) is 5.74. The van der Waals surface area contributed by atoms with Crippen molar-refractivity contribution in [3.63, 3.8) is 0 Å². The van der Waals surface area contributed by atoms with Crippen LogP contribution in [0.2, 0.25) is 0 Å². The predicted octanol–water partition coefficient (Wildman–Crippen LogP) is 3.41. The maximum Gasteiger partial charge on any atom is 0.119 e. The Labute approximate surface area is 172 Å². The Hall–Kier alpha value is 0.710. The zero-order valence-electron chi connectivity index (χ0n) is 15.2. The van der Waals surface area contributed by atoms with Crippen molar-refractivity contribution in [2.75, 3.05) is 0 Å². The van der Waals surface area contributed by atoms with Gasteiger partial charge in [0.25, 0.3) is 0 Å². The van der Waals surface area contributed by atoms with E-state index in [-0.39, 0.29) is 22.8 Å². The minimum Gasteiger partial charge on any atom is -0.377 e. The fourth-order valence-corrected chi connectivity index (χ4v) is 6.87. The fraction of sp³-hybridized carbons (Fsp3) is 1.00. The Balaban J connectivity index is 1.59. The first-order valence-corrected chi connectivity index (χ1v) is 11.7. The molecule has 0 aromatic heterocycles. The minimum atomic E-state index is -0.837. The maximum absolute atomic E-state index is 10.3. The first-order chi connectivity index (χ1) is 12.5. The molecule has 7 heteroatoms. The highest BCUT2D eigenvalue weighted by atomic mass is 35.5. The average molecular weight is 425 g/mol. The molecule has 3 aliphatic carbocycles. The number of hydrazine groups is 1. The van der Waals surface area contributed by atoms with E-state index in [2.05, 4.69) is 10.4 Å². The highest BCUT2D eigenvalue weighted by molar-refractivity contribution is 6.24. The SMILES string of the molecule is NC(O)C1NN(C2CCC(Cl)CC2Cl)C(C2CCC(Cl)CC2)C1C1CC1. The Bertz CT molecular complexity index is 485. The molecule has 0 aromatic rings. The van der Waals surface area contributed by atoms with Gasteiger partial charge >= 0.3 is 0 Å². The molecule has 150 valence electrons. The molecule has 0 bridgehead atoms. The molecule has 0 radical (unpaired) electrons. The summed E-state index contributed by atoms with van der Waals surface area (Å²) in [7, 11) is 0. The lowest BCUT2D eigenvalue weighted by molar-refractivity contribution is 0.0362. The summed E-state index contributed by atoms with van der Waals surface area (Å²) in [6.45, 7) is 0. The summed E-state index contributed by atoms with van der Waals surface area (Å²) in [6.07, 6.45) is 9.00. The van der Waals surface area contributed by atoms with Crippen molar-refractivity contribution in [3.8, 4) is 0 Å². The van der Waals surface area contributed by atoms with Gasteiger partial charge in [0.15, 0.2) is 0 Å². The molecule has 7 atom stereocenters. The molecule has 1 saturated heterocycles. The molecule has 1 aliphatic heterocycles. The highest BCUT2D eigenvalue weighted by Crippen LogP contribution is 2.50. The number of nitrogens with two attached hydrogens (primary N) is 1. The van der Waals surface area contributed by atoms with Gasteiger partial charge in [-0.1, -0.05) is 0 Å². The smallest absolute Gasteiger partial charge is 0.119 e. The number of halogens is 3. The van der Waals surface area contributed by atoms with Crippen LogP contribution in [0.3, 0.4) is 0 Å². The van der Waals surface area contributed by atoms with Gasteiger partial charge in [-0.05, 0) is 75.5 Å². The van der Waals surface area contributed by atoms with E-state index in [1.54, 1.807) is 0 Å². The number of aliphatic hydroxyl groups excluding tert-OH is 1. The van der Waals surface area contributed by atoms with Gasteiger partial charge in [-0.25, -0.2) is 10.4 Å². The van der Waals surface area contributed by atoms with Crippen molar-refractivity contribution < 1.29 is 5.11 Å². The summed E-state index contributed by atoms with van der Waals surface area (Å²) >= 11 is 19.5. The van der Waals surface area contributed by atoms with E-state index in [9.17, 15) is 5.11 Å². The third-order valence-corrected chi connectivity index (χ3v) is 8.48. The average Bonchev–Trinajstić information content (AvgIpc) is 3.36. The molecule has 3 saturated carbocycles. The van der Waals surface area contributed by atoms with Crippen LogP contribution in [0.5, 0.6) is 0 Å². The van der Waals surface area contributed by atoms with Crippen molar-refractivity contribution in [1.29, 1.82) is 0 Å². The van der Waals surface area contributed by atoms with Crippen LogP contribution in [0.1, 0.15) is 57.8 Å². The number of alkyl halides is 3. The van der Waals surface area contributed by atoms with Crippen molar-refractivity contribution in [2.45, 2.75) is 98.3 Å². The standard InChI is InChI=1S/C19H32Cl3N3O/c20-12-5-3-11(4-6-12)18-16(10-1-2-10)17(19(23)26)24-25(18)15-8-7-13(21)9-14(15)22/h10-19,24,26H,1-9,23H2. The second-order valence-corrected chi connectivity index (χ2v) is 10.8. The summed E-state index contributed by atoms with van der Waals surface area (Å²) in [5.74, 6) is 1.68. The van der Waals surface area contributed by atoms with Gasteiger partial charge in [0.1, 0.15) is 6.23 Å². The number of hydrogen-bond acceptors (Lipinski definition) is 4. The van der Waals surface area contributed by atoms with Crippen molar-refractivity contribution >= 4 is 34.8 Å². The van der Waals surface area contributed by atoms with Crippen molar-refractivity contribution in [2.24, 2.45) is 23.5 Å². The van der Waals surface area contributed by atoms with Crippen LogP contribution in [0.4, 0.5) is 0 Å². The molecule has 0 spiro atoms. The minimum absolute atomic E-state index is 0.0409. The van der Waals surface area contributed by atoms with Crippen LogP contribution in [-0.2, 0) is 0 Å². The van der Waals surface area contributed by atoms with E-state index in [4.69, 9.17) is 40.5 Å². The van der Waals surface area contributed by atoms with Gasteiger partial charge < -0.3 is 10.8 Å². The van der Waals surface area contributed by atoms with Crippen molar-refractivity contribution in [3.05, 3.63) is 0 Å². The normalized spacial score (nSPS) is 49.3. The van der Waals surface area contributed by atoms with E-state index in [1.807, 2.05) is 0 Å². The van der Waals surface area contributed by atoms with Gasteiger partial charge in [0.2, 0.25) is 0 Å². The Morgan fingerprint density at radius 3 is 2.08 bits per heavy atom. The van der Waals surface area contributed by atoms with E-state index in [1.165, 1.54) is 12.8 Å². The van der Waals surface area contributed by atoms with Crippen LogP contribution in [0.15, 0.2) is 0 Å². The molecule has 4 nitrogen and oxygen atoms in total. The number of nitrogens with zero attached hydrogens (tertiary/aromatic N) is 1. The quantitative estimate of drug-likeness (QED) is 0.478. The van der Waals surface area contributed by atoms with Crippen LogP contribution in [0.25, 0.3) is 0 Å². The maximum atomic E-state index is 10.3. The van der Waals surface area contributed by atoms with Crippen LogP contribution in [0, 0.1) is 17.8 Å². The first-order valence-electron chi connectivity index (χ1n) is 10.4. The van der Waals surface area contributed by atoms with Crippen LogP contribution >= 0.6 is 34.8 Å². The summed E-state index contributed by atoms with van der Waals surface area (Å²) in [5, 5.41) is 13.2. The Morgan fingerprint density at radius 1 is 0.885 bits per heavy atom. The molecule has 4 aliphatic rings. The summed E-state index contributed by atoms with van der Waals surface area (Å²) in [5.41, 5.74) is 9.64. The molecular formula is C19H32Cl3N3O. The number of nitrogens with one attached hydrogen (secondary N) is 1. The Morgan fingerprint density at radius 2 is 1.50 bits per heavy atom. The second kappa shape index (κ2) is 8.22. The Kier molecular flexibility index (Phi) is 6.32. The molecule has 4 rings (SSSR count). The van der Waals surface area contributed by atoms with E-state index < -0.39 is 6.23 Å². The van der Waals surface area contributed by atoms with Gasteiger partial charge in [0, 0.05) is 22.8 Å². The predicted molar refractivity (Wildman–Crippen MR) is 107 cm³/mol. The zero-order valence-corrected chi connectivity index (χ0v) is 17.5. The van der Waals surface area contributed by atoms with Gasteiger partial charge in [0.05, 0.1) is 11.4 Å². The summed E-state index contributed by atoms with van der Waals surface area (Å²) in [6, 6.07) is 0.585. The molecule has 7 unspecified atom stereocenters. The number of aliphatic hydroxyl groups is 1. The van der Waals surface area contributed by atoms with E-state index in [0.29, 0.717) is 29.2 Å². The van der Waals surface area contributed by atoms with Gasteiger partial charge in [-0.2, -0.15) is 0 Å². The second-order valence-electron chi connectivity index (χ2n) is 8.96. The molecule has 0 amide bonds. The third kappa shape index (κ3) is 4.03. The van der Waals surface area contributed by atoms with E-state index >= 15 is 0 Å². The van der Waals surface area contributed by atoms with Gasteiger partial charge in [-0.15, -0.1) is 34.8 Å². The highest BCUT2D eigenvalue weighted by Gasteiger charge is 2.55. The van der Waals surface area contributed by atoms with Crippen molar-refractivity contribution in [1.82, 2.24) is 10.4 Å². The van der Waals surface area contributed by atoms with Crippen LogP contribution < -0.4 is 11.2 Å². The summed E-state index contributed by atoms with van der Waals surface area (Å²) < 4.78 is 0. The molecule has 4 N–H and O–H groups in total. The number of rotatable bonds is 4. The third-order valence-electron chi connectivity index (χ3n) is 7.18. The number of hydrogen-bond donors (Lipinski definition) is 3. The monoisotopic (exact) mass is 423 g/mol. The van der Waals surface area contributed by atoms with E-state index in [0.717, 1.165) is 44.9 Å². The summed E-state index contributed by atoms with van der Waals surface area (Å²) in [4.78, 5) is 0. The zero-order chi connectivity index (χ0) is 18.4. The first kappa shape index (κ1) is 20.0. The molecule has 0 aromatic carbocycles. The topological polar surface area (TPSA) is 61.5 Å². The lowest BCUT2D eigenvalue weighted by atomic mass is 9.74. The van der Waals surface area contributed by atoms with Gasteiger partial charge in [-0.3, -0.25) is 0 Å². The lowest BCUT2D eigenvalue weighted by Gasteiger charge is -2.44. The molecule has 26 heavy (non-hydrogen) atoms. The lowest BCUT2D eigenvalue weighted by Crippen LogP contribution is -2.56. The van der Waals surface area contributed by atoms with Crippen LogP contribution in [-0.4, -0.2) is 50.6 Å².